The van der Waals surface area contributed by atoms with E-state index in [1.165, 1.54) is 5.56 Å². The SMILES string of the molecule is C(=C/c1ccccc1)/C=C/c1ccccn1. The average Bonchev–Trinajstić information content (AvgIpc) is 2.37. The van der Waals surface area contributed by atoms with E-state index in [0.717, 1.165) is 5.69 Å². The molecule has 0 aliphatic rings. The van der Waals surface area contributed by atoms with Gasteiger partial charge in [-0.15, -0.1) is 0 Å². The van der Waals surface area contributed by atoms with Crippen molar-refractivity contribution in [2.24, 2.45) is 0 Å². The highest BCUT2D eigenvalue weighted by Crippen LogP contribution is 2.02. The minimum atomic E-state index is 0.972. The lowest BCUT2D eigenvalue weighted by atomic mass is 10.2. The summed E-state index contributed by atoms with van der Waals surface area (Å²) in [5.41, 5.74) is 2.17. The fourth-order valence-corrected chi connectivity index (χ4v) is 1.36. The van der Waals surface area contributed by atoms with Gasteiger partial charge in [0.2, 0.25) is 0 Å². The van der Waals surface area contributed by atoms with E-state index in [4.69, 9.17) is 0 Å². The molecule has 0 bridgehead atoms. The molecule has 0 atom stereocenters. The van der Waals surface area contributed by atoms with Crippen LogP contribution in [-0.4, -0.2) is 4.98 Å². The fourth-order valence-electron chi connectivity index (χ4n) is 1.36. The summed E-state index contributed by atoms with van der Waals surface area (Å²) in [6, 6.07) is 16.1. The molecule has 78 valence electrons. The van der Waals surface area contributed by atoms with Crippen LogP contribution in [0.3, 0.4) is 0 Å². The molecule has 0 aliphatic carbocycles. The topological polar surface area (TPSA) is 12.9 Å². The molecule has 1 nitrogen and oxygen atoms in total. The van der Waals surface area contributed by atoms with Gasteiger partial charge in [0.1, 0.15) is 0 Å². The van der Waals surface area contributed by atoms with Gasteiger partial charge in [-0.25, -0.2) is 0 Å². The minimum Gasteiger partial charge on any atom is -0.257 e. The molecule has 0 amide bonds. The summed E-state index contributed by atoms with van der Waals surface area (Å²) in [6.07, 6.45) is 9.86. The lowest BCUT2D eigenvalue weighted by Crippen LogP contribution is -1.75. The van der Waals surface area contributed by atoms with Gasteiger partial charge >= 0.3 is 0 Å². The van der Waals surface area contributed by atoms with Crippen molar-refractivity contribution in [2.45, 2.75) is 0 Å². The van der Waals surface area contributed by atoms with Crippen molar-refractivity contribution < 1.29 is 0 Å². The first kappa shape index (κ1) is 10.4. The Balaban J connectivity index is 1.98. The summed E-state index contributed by atoms with van der Waals surface area (Å²) in [5, 5.41) is 0. The summed E-state index contributed by atoms with van der Waals surface area (Å²) < 4.78 is 0. The number of hydrogen-bond acceptors (Lipinski definition) is 1. The summed E-state index contributed by atoms with van der Waals surface area (Å²) in [4.78, 5) is 4.20. The number of hydrogen-bond donors (Lipinski definition) is 0. The van der Waals surface area contributed by atoms with Crippen molar-refractivity contribution in [2.75, 3.05) is 0 Å². The predicted octanol–water partition coefficient (Wildman–Crippen LogP) is 3.81. The molecule has 2 aromatic rings. The lowest BCUT2D eigenvalue weighted by Gasteiger charge is -1.89. The van der Waals surface area contributed by atoms with Crippen LogP contribution in [0.1, 0.15) is 11.3 Å². The molecule has 0 saturated carbocycles. The molecular formula is C15H13N. The van der Waals surface area contributed by atoms with E-state index < -0.39 is 0 Å². The lowest BCUT2D eigenvalue weighted by molar-refractivity contribution is 1.30. The molecule has 0 unspecified atom stereocenters. The van der Waals surface area contributed by atoms with E-state index >= 15 is 0 Å². The molecule has 1 heteroatoms. The smallest absolute Gasteiger partial charge is 0.0629 e. The maximum absolute atomic E-state index is 4.20. The first-order valence-electron chi connectivity index (χ1n) is 5.26. The largest absolute Gasteiger partial charge is 0.257 e. The second-order valence-corrected chi connectivity index (χ2v) is 3.38. The van der Waals surface area contributed by atoms with Gasteiger partial charge in [0.05, 0.1) is 5.69 Å². The zero-order chi connectivity index (χ0) is 11.1. The summed E-state index contributed by atoms with van der Waals surface area (Å²) in [7, 11) is 0. The maximum Gasteiger partial charge on any atom is 0.0629 e. The Bertz CT molecular complexity index is 422. The third-order valence-corrected chi connectivity index (χ3v) is 2.15. The Kier molecular flexibility index (Phi) is 3.67. The predicted molar refractivity (Wildman–Crippen MR) is 68.7 cm³/mol. The molecule has 1 aromatic heterocycles. The second-order valence-electron chi connectivity index (χ2n) is 3.38. The summed E-state index contributed by atoms with van der Waals surface area (Å²) in [6.45, 7) is 0. The molecule has 16 heavy (non-hydrogen) atoms. The van der Waals surface area contributed by atoms with Crippen LogP contribution < -0.4 is 0 Å². The van der Waals surface area contributed by atoms with Crippen LogP contribution in [-0.2, 0) is 0 Å². The van der Waals surface area contributed by atoms with E-state index in [-0.39, 0.29) is 0 Å². The Morgan fingerprint density at radius 1 is 0.750 bits per heavy atom. The van der Waals surface area contributed by atoms with Crippen molar-refractivity contribution in [3.8, 4) is 0 Å². The number of nitrogens with zero attached hydrogens (tertiary/aromatic N) is 1. The van der Waals surface area contributed by atoms with Crippen molar-refractivity contribution in [3.05, 3.63) is 78.1 Å². The third kappa shape index (κ3) is 3.21. The Hall–Kier alpha value is -2.15. The number of benzene rings is 1. The molecule has 0 spiro atoms. The van der Waals surface area contributed by atoms with Gasteiger partial charge in [0.15, 0.2) is 0 Å². The molecule has 1 heterocycles. The van der Waals surface area contributed by atoms with E-state index in [9.17, 15) is 0 Å². The van der Waals surface area contributed by atoms with Gasteiger partial charge in [-0.2, -0.15) is 0 Å². The highest BCUT2D eigenvalue weighted by molar-refractivity contribution is 5.55. The van der Waals surface area contributed by atoms with E-state index in [1.807, 2.05) is 54.6 Å². The van der Waals surface area contributed by atoms with Crippen LogP contribution in [0.15, 0.2) is 66.9 Å². The summed E-state index contributed by atoms with van der Waals surface area (Å²) >= 11 is 0. The van der Waals surface area contributed by atoms with Crippen molar-refractivity contribution in [3.63, 3.8) is 0 Å². The summed E-state index contributed by atoms with van der Waals surface area (Å²) in [5.74, 6) is 0. The van der Waals surface area contributed by atoms with Gasteiger partial charge in [0, 0.05) is 6.20 Å². The van der Waals surface area contributed by atoms with Gasteiger partial charge in [-0.3, -0.25) is 4.98 Å². The quantitative estimate of drug-likeness (QED) is 0.697. The first-order chi connectivity index (χ1) is 7.95. The highest BCUT2D eigenvalue weighted by Gasteiger charge is 1.82. The van der Waals surface area contributed by atoms with E-state index in [1.54, 1.807) is 6.20 Å². The van der Waals surface area contributed by atoms with Crippen LogP contribution in [0, 0.1) is 0 Å². The van der Waals surface area contributed by atoms with Crippen LogP contribution in [0.4, 0.5) is 0 Å². The standard InChI is InChI=1S/C15H13N/c1-2-8-14(9-3-1)10-4-5-11-15-12-6-7-13-16-15/h1-13H/b10-4-,11-5+. The Morgan fingerprint density at radius 3 is 2.25 bits per heavy atom. The maximum atomic E-state index is 4.20. The van der Waals surface area contributed by atoms with E-state index in [0.29, 0.717) is 0 Å². The van der Waals surface area contributed by atoms with Crippen molar-refractivity contribution >= 4 is 12.2 Å². The first-order valence-corrected chi connectivity index (χ1v) is 5.26. The van der Waals surface area contributed by atoms with Crippen LogP contribution in [0.2, 0.25) is 0 Å². The number of rotatable bonds is 3. The zero-order valence-corrected chi connectivity index (χ0v) is 8.95. The Morgan fingerprint density at radius 2 is 1.50 bits per heavy atom. The van der Waals surface area contributed by atoms with E-state index in [2.05, 4.69) is 23.2 Å². The minimum absolute atomic E-state index is 0.972. The fraction of sp³-hybridized carbons (Fsp3) is 0. The monoisotopic (exact) mass is 207 g/mol. The third-order valence-electron chi connectivity index (χ3n) is 2.15. The zero-order valence-electron chi connectivity index (χ0n) is 8.95. The second kappa shape index (κ2) is 5.66. The number of allylic oxidation sites excluding steroid dienone is 2. The number of aromatic nitrogens is 1. The molecule has 0 fully saturated rings. The average molecular weight is 207 g/mol. The molecule has 2 rings (SSSR count). The van der Waals surface area contributed by atoms with Gasteiger partial charge in [-0.1, -0.05) is 54.6 Å². The van der Waals surface area contributed by atoms with Gasteiger partial charge in [-0.05, 0) is 23.8 Å². The van der Waals surface area contributed by atoms with Crippen molar-refractivity contribution in [1.82, 2.24) is 4.98 Å². The van der Waals surface area contributed by atoms with Crippen molar-refractivity contribution in [1.29, 1.82) is 0 Å². The molecule has 0 N–H and O–H groups in total. The molecule has 0 radical (unpaired) electrons. The normalized spacial score (nSPS) is 11.2. The van der Waals surface area contributed by atoms with Gasteiger partial charge in [0.25, 0.3) is 0 Å². The van der Waals surface area contributed by atoms with Crippen LogP contribution in [0.25, 0.3) is 12.2 Å². The van der Waals surface area contributed by atoms with Crippen LogP contribution in [0.5, 0.6) is 0 Å². The Labute approximate surface area is 95.8 Å². The molecule has 0 aliphatic heterocycles. The molecule has 1 aromatic carbocycles. The molecular weight excluding hydrogens is 194 g/mol. The van der Waals surface area contributed by atoms with Gasteiger partial charge < -0.3 is 0 Å². The highest BCUT2D eigenvalue weighted by atomic mass is 14.6. The number of pyridine rings is 1. The van der Waals surface area contributed by atoms with Crippen LogP contribution >= 0.6 is 0 Å². The molecule has 0 saturated heterocycles.